The molecule has 0 aromatic carbocycles. The van der Waals surface area contributed by atoms with Crippen LogP contribution in [0.15, 0.2) is 18.5 Å². The van der Waals surface area contributed by atoms with Crippen LogP contribution in [-0.4, -0.2) is 30.2 Å². The Balaban J connectivity index is 1.79. The number of rotatable bonds is 1. The molecule has 1 N–H and O–H groups in total. The van der Waals surface area contributed by atoms with E-state index in [0.29, 0.717) is 5.54 Å². The predicted molar refractivity (Wildman–Crippen MR) is 70.4 cm³/mol. The molecular weight excluding hydrogens is 210 g/mol. The molecule has 1 aliphatic heterocycles. The molecule has 2 heterocycles. The van der Waals surface area contributed by atoms with Crippen molar-refractivity contribution in [3.8, 4) is 0 Å². The molecule has 1 spiro atoms. The smallest absolute Gasteiger partial charge is 0.0556 e. The van der Waals surface area contributed by atoms with Crippen LogP contribution in [0.4, 0.5) is 5.69 Å². The highest BCUT2D eigenvalue weighted by Gasteiger charge is 2.37. The van der Waals surface area contributed by atoms with Crippen molar-refractivity contribution >= 4 is 5.69 Å². The normalized spacial score (nSPS) is 23.2. The van der Waals surface area contributed by atoms with Gasteiger partial charge in [0.05, 0.1) is 11.9 Å². The van der Waals surface area contributed by atoms with Gasteiger partial charge in [-0.3, -0.25) is 4.98 Å². The highest BCUT2D eigenvalue weighted by molar-refractivity contribution is 5.47. The van der Waals surface area contributed by atoms with E-state index in [2.05, 4.69) is 28.2 Å². The van der Waals surface area contributed by atoms with E-state index in [0.717, 1.165) is 19.6 Å². The molecule has 2 fully saturated rings. The molecule has 1 saturated carbocycles. The van der Waals surface area contributed by atoms with Crippen molar-refractivity contribution in [3.05, 3.63) is 24.0 Å². The molecule has 3 rings (SSSR count). The van der Waals surface area contributed by atoms with Crippen LogP contribution in [-0.2, 0) is 0 Å². The third kappa shape index (κ3) is 2.16. The summed E-state index contributed by atoms with van der Waals surface area (Å²) in [7, 11) is 0. The van der Waals surface area contributed by atoms with Gasteiger partial charge in [0.15, 0.2) is 0 Å². The summed E-state index contributed by atoms with van der Waals surface area (Å²) in [5.74, 6) is 0. The Hall–Kier alpha value is -1.09. The maximum atomic E-state index is 4.31. The Morgan fingerprint density at radius 1 is 1.29 bits per heavy atom. The molecule has 1 aliphatic carbocycles. The monoisotopic (exact) mass is 231 g/mol. The maximum absolute atomic E-state index is 4.31. The summed E-state index contributed by atoms with van der Waals surface area (Å²) < 4.78 is 0. The minimum Gasteiger partial charge on any atom is -0.367 e. The van der Waals surface area contributed by atoms with Gasteiger partial charge in [0, 0.05) is 31.4 Å². The molecule has 1 aromatic heterocycles. The van der Waals surface area contributed by atoms with Crippen molar-refractivity contribution < 1.29 is 0 Å². The van der Waals surface area contributed by atoms with E-state index in [9.17, 15) is 0 Å². The molecule has 0 unspecified atom stereocenters. The number of piperazine rings is 1. The Bertz CT molecular complexity index is 396. The van der Waals surface area contributed by atoms with E-state index in [4.69, 9.17) is 0 Å². The van der Waals surface area contributed by atoms with Crippen molar-refractivity contribution in [2.24, 2.45) is 0 Å². The Morgan fingerprint density at radius 3 is 2.88 bits per heavy atom. The summed E-state index contributed by atoms with van der Waals surface area (Å²) in [6.07, 6.45) is 9.36. The fourth-order valence-corrected chi connectivity index (χ4v) is 3.28. The summed E-state index contributed by atoms with van der Waals surface area (Å²) in [4.78, 5) is 6.81. The van der Waals surface area contributed by atoms with Crippen molar-refractivity contribution in [1.82, 2.24) is 10.3 Å². The second-order valence-electron chi connectivity index (χ2n) is 5.56. The first-order valence-electron chi connectivity index (χ1n) is 6.69. The zero-order valence-corrected chi connectivity index (χ0v) is 10.6. The van der Waals surface area contributed by atoms with Gasteiger partial charge in [0.2, 0.25) is 0 Å². The first-order valence-corrected chi connectivity index (χ1v) is 6.69. The summed E-state index contributed by atoms with van der Waals surface area (Å²) in [5, 5.41) is 3.75. The summed E-state index contributed by atoms with van der Waals surface area (Å²) >= 11 is 0. The van der Waals surface area contributed by atoms with E-state index in [1.54, 1.807) is 0 Å². The molecule has 17 heavy (non-hydrogen) atoms. The minimum atomic E-state index is 0.391. The number of hydrogen-bond acceptors (Lipinski definition) is 3. The molecule has 1 saturated heterocycles. The number of aromatic nitrogens is 1. The average molecular weight is 231 g/mol. The lowest BCUT2D eigenvalue weighted by Gasteiger charge is -2.42. The highest BCUT2D eigenvalue weighted by atomic mass is 15.2. The number of nitrogens with one attached hydrogen (secondary N) is 1. The van der Waals surface area contributed by atoms with Crippen LogP contribution >= 0.6 is 0 Å². The van der Waals surface area contributed by atoms with Crippen molar-refractivity contribution in [2.75, 3.05) is 24.5 Å². The standard InChI is InChI=1S/C14H21N3/c1-12-8-13(10-15-9-12)17-7-6-16-14(11-17)4-2-3-5-14/h8-10,16H,2-7,11H2,1H3. The van der Waals surface area contributed by atoms with Crippen LogP contribution in [0.25, 0.3) is 0 Å². The minimum absolute atomic E-state index is 0.391. The fourth-order valence-electron chi connectivity index (χ4n) is 3.28. The highest BCUT2D eigenvalue weighted by Crippen LogP contribution is 2.33. The van der Waals surface area contributed by atoms with Crippen molar-refractivity contribution in [2.45, 2.75) is 38.1 Å². The number of pyridine rings is 1. The van der Waals surface area contributed by atoms with Crippen LogP contribution in [0.1, 0.15) is 31.2 Å². The number of hydrogen-bond donors (Lipinski definition) is 1. The van der Waals surface area contributed by atoms with Gasteiger partial charge in [0.1, 0.15) is 0 Å². The van der Waals surface area contributed by atoms with Gasteiger partial charge in [-0.15, -0.1) is 0 Å². The van der Waals surface area contributed by atoms with Gasteiger partial charge in [0.25, 0.3) is 0 Å². The zero-order valence-electron chi connectivity index (χ0n) is 10.6. The average Bonchev–Trinajstić information content (AvgIpc) is 2.77. The van der Waals surface area contributed by atoms with Gasteiger partial charge in [-0.1, -0.05) is 12.8 Å². The van der Waals surface area contributed by atoms with Crippen LogP contribution in [0.3, 0.4) is 0 Å². The molecule has 1 aromatic rings. The van der Waals surface area contributed by atoms with Crippen LogP contribution < -0.4 is 10.2 Å². The second-order valence-corrected chi connectivity index (χ2v) is 5.56. The largest absolute Gasteiger partial charge is 0.367 e. The van der Waals surface area contributed by atoms with E-state index in [1.165, 1.54) is 36.9 Å². The summed E-state index contributed by atoms with van der Waals surface area (Å²) in [5.41, 5.74) is 2.93. The van der Waals surface area contributed by atoms with E-state index < -0.39 is 0 Å². The molecule has 92 valence electrons. The molecule has 0 bridgehead atoms. The number of aryl methyl sites for hydroxylation is 1. The molecule has 2 aliphatic rings. The molecule has 0 radical (unpaired) electrons. The Labute approximate surface area is 103 Å². The molecule has 0 atom stereocenters. The topological polar surface area (TPSA) is 28.2 Å². The molecule has 3 heteroatoms. The van der Waals surface area contributed by atoms with Crippen LogP contribution in [0.5, 0.6) is 0 Å². The molecule has 3 nitrogen and oxygen atoms in total. The van der Waals surface area contributed by atoms with Crippen LogP contribution in [0, 0.1) is 6.92 Å². The second kappa shape index (κ2) is 4.30. The van der Waals surface area contributed by atoms with E-state index >= 15 is 0 Å². The Kier molecular flexibility index (Phi) is 2.79. The maximum Gasteiger partial charge on any atom is 0.0556 e. The lowest BCUT2D eigenvalue weighted by Crippen LogP contribution is -2.59. The fraction of sp³-hybridized carbons (Fsp3) is 0.643. The lowest BCUT2D eigenvalue weighted by atomic mass is 9.94. The summed E-state index contributed by atoms with van der Waals surface area (Å²) in [6.45, 7) is 5.48. The zero-order chi connectivity index (χ0) is 11.7. The number of anilines is 1. The lowest BCUT2D eigenvalue weighted by molar-refractivity contribution is 0.304. The third-order valence-electron chi connectivity index (χ3n) is 4.16. The van der Waals surface area contributed by atoms with E-state index in [1.807, 2.05) is 12.4 Å². The third-order valence-corrected chi connectivity index (χ3v) is 4.16. The Morgan fingerprint density at radius 2 is 2.12 bits per heavy atom. The van der Waals surface area contributed by atoms with Gasteiger partial charge in [-0.05, 0) is 31.4 Å². The molecular formula is C14H21N3. The number of nitrogens with zero attached hydrogens (tertiary/aromatic N) is 2. The van der Waals surface area contributed by atoms with Gasteiger partial charge in [-0.25, -0.2) is 0 Å². The van der Waals surface area contributed by atoms with Crippen molar-refractivity contribution in [1.29, 1.82) is 0 Å². The summed E-state index contributed by atoms with van der Waals surface area (Å²) in [6, 6.07) is 2.25. The first kappa shape index (κ1) is 11.0. The van der Waals surface area contributed by atoms with Gasteiger partial charge in [-0.2, -0.15) is 0 Å². The van der Waals surface area contributed by atoms with E-state index in [-0.39, 0.29) is 0 Å². The molecule has 0 amide bonds. The quantitative estimate of drug-likeness (QED) is 0.802. The van der Waals surface area contributed by atoms with Gasteiger partial charge >= 0.3 is 0 Å². The SMILES string of the molecule is Cc1cncc(N2CCNC3(CCCC3)C2)c1. The first-order chi connectivity index (χ1) is 8.27. The van der Waals surface area contributed by atoms with Crippen LogP contribution in [0.2, 0.25) is 0 Å². The van der Waals surface area contributed by atoms with Gasteiger partial charge < -0.3 is 10.2 Å². The van der Waals surface area contributed by atoms with Crippen molar-refractivity contribution in [3.63, 3.8) is 0 Å². The predicted octanol–water partition coefficient (Wildman–Crippen LogP) is 2.11.